The molecule has 0 saturated heterocycles. The molecule has 0 atom stereocenters. The van der Waals surface area contributed by atoms with Crippen LogP contribution in [-0.2, 0) is 5.41 Å². The topological polar surface area (TPSA) is 8.17 Å². The molecule has 1 aliphatic rings. The number of benzene rings is 10. The molecular formula is C63H40N2S2. The first kappa shape index (κ1) is 38.3. The highest BCUT2D eigenvalue weighted by molar-refractivity contribution is 7.26. The molecule has 0 aliphatic heterocycles. The molecule has 3 aromatic heterocycles. The molecule has 314 valence electrons. The molecule has 0 unspecified atom stereocenters. The molecule has 67 heavy (non-hydrogen) atoms. The van der Waals surface area contributed by atoms with Crippen LogP contribution in [0.4, 0.5) is 17.1 Å². The van der Waals surface area contributed by atoms with Gasteiger partial charge in [0.2, 0.25) is 0 Å². The Hall–Kier alpha value is -8.02. The summed E-state index contributed by atoms with van der Waals surface area (Å²) in [5, 5.41) is 7.60. The number of hydrogen-bond donors (Lipinski definition) is 0. The Bertz CT molecular complexity index is 4010. The minimum Gasteiger partial charge on any atom is -0.310 e. The number of fused-ring (bicyclic) bond motifs is 13. The zero-order valence-corrected chi connectivity index (χ0v) is 37.9. The average molecular weight is 889 g/mol. The molecule has 0 spiro atoms. The lowest BCUT2D eigenvalue weighted by Gasteiger charge is -2.38. The first-order valence-corrected chi connectivity index (χ1v) is 24.6. The van der Waals surface area contributed by atoms with E-state index in [1.807, 2.05) is 22.7 Å². The van der Waals surface area contributed by atoms with Gasteiger partial charge in [-0.05, 0) is 100 Å². The van der Waals surface area contributed by atoms with Gasteiger partial charge in [-0.3, -0.25) is 0 Å². The third-order valence-electron chi connectivity index (χ3n) is 14.1. The number of thiophene rings is 2. The van der Waals surface area contributed by atoms with E-state index in [0.717, 1.165) is 17.1 Å². The fourth-order valence-corrected chi connectivity index (χ4v) is 13.8. The lowest BCUT2D eigenvalue weighted by Crippen LogP contribution is -2.32. The zero-order chi connectivity index (χ0) is 44.1. The van der Waals surface area contributed by atoms with Crippen molar-refractivity contribution in [3.05, 3.63) is 264 Å². The number of hydrogen-bond acceptors (Lipinski definition) is 3. The number of para-hydroxylation sites is 3. The Morgan fingerprint density at radius 2 is 0.881 bits per heavy atom. The van der Waals surface area contributed by atoms with E-state index in [1.165, 1.54) is 101 Å². The maximum Gasteiger partial charge on any atom is 0.0714 e. The van der Waals surface area contributed by atoms with Crippen LogP contribution < -0.4 is 4.90 Å². The van der Waals surface area contributed by atoms with E-state index in [1.54, 1.807) is 0 Å². The molecule has 4 heteroatoms. The highest BCUT2D eigenvalue weighted by Gasteiger charge is 2.44. The Kier molecular flexibility index (Phi) is 8.57. The molecule has 0 bridgehead atoms. The van der Waals surface area contributed by atoms with Gasteiger partial charge in [-0.25, -0.2) is 0 Å². The van der Waals surface area contributed by atoms with Crippen LogP contribution in [0.15, 0.2) is 231 Å². The summed E-state index contributed by atoms with van der Waals surface area (Å²) in [6.07, 6.45) is 4.89. The van der Waals surface area contributed by atoms with Crippen molar-refractivity contribution in [1.82, 2.24) is 4.57 Å². The fraction of sp³-hybridized carbons (Fsp3) is 0.0159. The van der Waals surface area contributed by atoms with E-state index in [4.69, 9.17) is 0 Å². The average Bonchev–Trinajstić information content (AvgIpc) is 4.05. The predicted octanol–water partition coefficient (Wildman–Crippen LogP) is 17.9. The van der Waals surface area contributed by atoms with Gasteiger partial charge in [0.1, 0.15) is 0 Å². The van der Waals surface area contributed by atoms with E-state index >= 15 is 0 Å². The molecule has 2 nitrogen and oxygen atoms in total. The summed E-state index contributed by atoms with van der Waals surface area (Å²) < 4.78 is 7.78. The molecule has 10 aromatic carbocycles. The normalized spacial score (nSPS) is 13.1. The Labute approximate surface area is 396 Å². The molecule has 0 amide bonds. The first-order chi connectivity index (χ1) is 33.3. The molecule has 14 rings (SSSR count). The second-order valence-corrected chi connectivity index (χ2v) is 19.6. The van der Waals surface area contributed by atoms with Gasteiger partial charge in [0.05, 0.1) is 22.1 Å². The van der Waals surface area contributed by atoms with Gasteiger partial charge in [0.25, 0.3) is 0 Å². The lowest BCUT2D eigenvalue weighted by molar-refractivity contribution is 0.745. The van der Waals surface area contributed by atoms with E-state index in [9.17, 15) is 0 Å². The summed E-state index contributed by atoms with van der Waals surface area (Å²) in [6, 6.07) is 85.3. The minimum absolute atomic E-state index is 0.683. The van der Waals surface area contributed by atoms with Crippen LogP contribution in [0.2, 0.25) is 0 Å². The van der Waals surface area contributed by atoms with Gasteiger partial charge < -0.3 is 9.47 Å². The Balaban J connectivity index is 1.13. The maximum absolute atomic E-state index is 2.57. The molecule has 0 saturated carbocycles. The molecule has 1 aliphatic carbocycles. The van der Waals surface area contributed by atoms with Gasteiger partial charge in [-0.15, -0.1) is 22.7 Å². The largest absolute Gasteiger partial charge is 0.310 e. The van der Waals surface area contributed by atoms with Crippen LogP contribution in [0, 0.1) is 0 Å². The fourth-order valence-electron chi connectivity index (χ4n) is 11.3. The monoisotopic (exact) mass is 888 g/mol. The summed E-state index contributed by atoms with van der Waals surface area (Å²) in [6.45, 7) is 0. The smallest absolute Gasteiger partial charge is 0.0714 e. The van der Waals surface area contributed by atoms with E-state index in [0.29, 0.717) is 0 Å². The van der Waals surface area contributed by atoms with Gasteiger partial charge >= 0.3 is 0 Å². The van der Waals surface area contributed by atoms with Crippen molar-refractivity contribution in [3.63, 3.8) is 0 Å². The van der Waals surface area contributed by atoms with Crippen molar-refractivity contribution >= 4 is 114 Å². The zero-order valence-electron chi connectivity index (χ0n) is 36.3. The second-order valence-electron chi connectivity index (χ2n) is 17.5. The molecule has 0 fully saturated rings. The van der Waals surface area contributed by atoms with Crippen LogP contribution in [-0.4, -0.2) is 4.57 Å². The van der Waals surface area contributed by atoms with Gasteiger partial charge in [0, 0.05) is 68.2 Å². The standard InChI is InChI=1S/C63H40N2S2/c1-5-19-41(20-6-1)63(42-21-7-2-8-22-42)53-37-36-48-47-28-14-17-31-58(47)66-61(48)49(53)34-35-50-54(63)40-57(60-51-29-15-18-32-59(51)67-62(50)60)65-55-30-16-13-27-46(55)52-39-45(33-38-56(52)65)64(43-23-9-3-10-24-43)44-25-11-4-12-26-44/h1-40H. The summed E-state index contributed by atoms with van der Waals surface area (Å²) in [4.78, 5) is 2.37. The number of anilines is 3. The van der Waals surface area contributed by atoms with Crippen molar-refractivity contribution in [2.75, 3.05) is 4.90 Å². The van der Waals surface area contributed by atoms with Crippen molar-refractivity contribution < 1.29 is 0 Å². The summed E-state index contributed by atoms with van der Waals surface area (Å²) in [5.41, 5.74) is 13.8. The predicted molar refractivity (Wildman–Crippen MR) is 288 cm³/mol. The maximum atomic E-state index is 2.57. The van der Waals surface area contributed by atoms with Crippen LogP contribution >= 0.6 is 22.7 Å². The second kappa shape index (κ2) is 15.0. The molecular weight excluding hydrogens is 849 g/mol. The third kappa shape index (κ3) is 5.61. The highest BCUT2D eigenvalue weighted by atomic mass is 32.1. The first-order valence-electron chi connectivity index (χ1n) is 22.9. The molecule has 3 heterocycles. The number of aromatic nitrogens is 1. The van der Waals surface area contributed by atoms with Crippen molar-refractivity contribution in [2.24, 2.45) is 0 Å². The highest BCUT2D eigenvalue weighted by Crippen LogP contribution is 2.56. The Morgan fingerprint density at radius 1 is 0.358 bits per heavy atom. The van der Waals surface area contributed by atoms with Gasteiger partial charge in [-0.2, -0.15) is 0 Å². The van der Waals surface area contributed by atoms with Crippen molar-refractivity contribution in [1.29, 1.82) is 0 Å². The quantitative estimate of drug-likeness (QED) is 0.161. The Morgan fingerprint density at radius 3 is 1.55 bits per heavy atom. The minimum atomic E-state index is -0.683. The van der Waals surface area contributed by atoms with Crippen LogP contribution in [0.1, 0.15) is 33.4 Å². The molecule has 13 aromatic rings. The molecule has 0 N–H and O–H groups in total. The van der Waals surface area contributed by atoms with Crippen LogP contribution in [0.3, 0.4) is 0 Å². The van der Waals surface area contributed by atoms with Crippen LogP contribution in [0.5, 0.6) is 0 Å². The van der Waals surface area contributed by atoms with Crippen molar-refractivity contribution in [3.8, 4) is 5.69 Å². The number of nitrogens with zero attached hydrogens (tertiary/aromatic N) is 2. The van der Waals surface area contributed by atoms with E-state index in [2.05, 4.69) is 252 Å². The third-order valence-corrected chi connectivity index (χ3v) is 16.5. The van der Waals surface area contributed by atoms with Crippen LogP contribution in [0.25, 0.3) is 80.0 Å². The summed E-state index contributed by atoms with van der Waals surface area (Å²) in [7, 11) is 0. The summed E-state index contributed by atoms with van der Waals surface area (Å²) in [5.74, 6) is 0. The molecule has 0 radical (unpaired) electrons. The lowest BCUT2D eigenvalue weighted by atomic mass is 9.63. The van der Waals surface area contributed by atoms with E-state index in [-0.39, 0.29) is 0 Å². The van der Waals surface area contributed by atoms with Gasteiger partial charge in [-0.1, -0.05) is 176 Å². The number of rotatable bonds is 6. The summed E-state index contributed by atoms with van der Waals surface area (Å²) >= 11 is 3.83. The van der Waals surface area contributed by atoms with Gasteiger partial charge in [0.15, 0.2) is 0 Å². The SMILES string of the molecule is C1=Cc2c(cc(-n3c4ccccc4c4cc(N(c5ccccc5)c5ccccc5)ccc43)c3c2sc2ccccc23)C(c2ccccc2)(c2ccccc2)c2ccc3c(sc4ccccc43)c21. The van der Waals surface area contributed by atoms with Crippen molar-refractivity contribution in [2.45, 2.75) is 5.41 Å². The van der Waals surface area contributed by atoms with E-state index < -0.39 is 5.41 Å².